The molecule has 0 bridgehead atoms. The van der Waals surface area contributed by atoms with Gasteiger partial charge >= 0.3 is 0 Å². The molecule has 0 fully saturated rings. The summed E-state index contributed by atoms with van der Waals surface area (Å²) in [6.07, 6.45) is 0. The third kappa shape index (κ3) is 5.80. The smallest absolute Gasteiger partial charge is 0.0562 e. The molecule has 1 heterocycles. The Labute approximate surface area is 360 Å². The van der Waals surface area contributed by atoms with Crippen LogP contribution in [0.1, 0.15) is 0 Å². The molecule has 0 aliphatic carbocycles. The Morgan fingerprint density at radius 2 is 0.806 bits per heavy atom. The van der Waals surface area contributed by atoms with Gasteiger partial charge in [-0.15, -0.1) is 0 Å². The van der Waals surface area contributed by atoms with Crippen LogP contribution in [0.2, 0.25) is 0 Å². The number of rotatable bonds is 7. The van der Waals surface area contributed by atoms with Gasteiger partial charge in [0.2, 0.25) is 0 Å². The molecule has 12 rings (SSSR count). The SMILES string of the molecule is c1ccc(-c2c(-c3ccccc3)c3cc(-c4ccc(N(c5cccc6ccccc56)c5cccc6c5c5ccccc5n6-c5ccccc5)cc4)ccc3c3ccccc23)cc1. The molecule has 0 spiro atoms. The van der Waals surface area contributed by atoms with E-state index < -0.39 is 0 Å². The Morgan fingerprint density at radius 3 is 1.55 bits per heavy atom. The lowest BCUT2D eigenvalue weighted by atomic mass is 9.84. The fraction of sp³-hybridized carbons (Fsp3) is 0. The molecule has 2 heteroatoms. The maximum Gasteiger partial charge on any atom is 0.0562 e. The lowest BCUT2D eigenvalue weighted by Gasteiger charge is -2.28. The highest BCUT2D eigenvalue weighted by Gasteiger charge is 2.23. The zero-order valence-corrected chi connectivity index (χ0v) is 34.0. The Bertz CT molecular complexity index is 3600. The van der Waals surface area contributed by atoms with E-state index in [-0.39, 0.29) is 0 Å². The van der Waals surface area contributed by atoms with Crippen LogP contribution in [0.3, 0.4) is 0 Å². The van der Waals surface area contributed by atoms with E-state index in [1.807, 2.05) is 0 Å². The normalized spacial score (nSPS) is 11.5. The summed E-state index contributed by atoms with van der Waals surface area (Å²) in [5.41, 5.74) is 14.2. The van der Waals surface area contributed by atoms with Crippen molar-refractivity contribution in [2.75, 3.05) is 4.90 Å². The van der Waals surface area contributed by atoms with Crippen LogP contribution in [0.15, 0.2) is 243 Å². The highest BCUT2D eigenvalue weighted by Crippen LogP contribution is 2.48. The number of anilines is 3. The number of benzene rings is 11. The fourth-order valence-corrected chi connectivity index (χ4v) is 9.84. The quantitative estimate of drug-likeness (QED) is 0.146. The first-order chi connectivity index (χ1) is 30.8. The highest BCUT2D eigenvalue weighted by atomic mass is 15.1. The van der Waals surface area contributed by atoms with Crippen molar-refractivity contribution in [3.8, 4) is 39.1 Å². The van der Waals surface area contributed by atoms with Crippen LogP contribution in [-0.4, -0.2) is 4.57 Å². The molecule has 11 aromatic carbocycles. The molecule has 0 saturated heterocycles. The van der Waals surface area contributed by atoms with Gasteiger partial charge in [-0.1, -0.05) is 188 Å². The first-order valence-corrected chi connectivity index (χ1v) is 21.4. The third-order valence-corrected chi connectivity index (χ3v) is 12.5. The largest absolute Gasteiger partial charge is 0.309 e. The fourth-order valence-electron chi connectivity index (χ4n) is 9.84. The average molecular weight is 789 g/mol. The van der Waals surface area contributed by atoms with Crippen molar-refractivity contribution in [2.45, 2.75) is 0 Å². The van der Waals surface area contributed by atoms with Gasteiger partial charge < -0.3 is 9.47 Å². The van der Waals surface area contributed by atoms with E-state index in [1.54, 1.807) is 0 Å². The minimum Gasteiger partial charge on any atom is -0.309 e. The van der Waals surface area contributed by atoms with Gasteiger partial charge in [0.05, 0.1) is 22.4 Å². The minimum atomic E-state index is 1.09. The second kappa shape index (κ2) is 14.8. The zero-order valence-electron chi connectivity index (χ0n) is 34.0. The standard InChI is InChI=1S/C60H40N2/c1-4-19-43(20-5-1)58-51-28-13-12-27-49(51)50-39-36-45(40-53(50)59(58)44-21-6-2-7-22-44)41-34-37-47(38-35-41)62(54-31-16-23-42-18-10-11-26-48(42)54)57-33-17-32-56-60(57)52-29-14-15-30-55(52)61(56)46-24-8-3-9-25-46/h1-40H. The molecule has 12 aromatic rings. The molecular formula is C60H40N2. The zero-order chi connectivity index (χ0) is 41.0. The minimum absolute atomic E-state index is 1.09. The van der Waals surface area contributed by atoms with Gasteiger partial charge in [0.1, 0.15) is 0 Å². The molecule has 0 radical (unpaired) electrons. The van der Waals surface area contributed by atoms with Crippen molar-refractivity contribution in [2.24, 2.45) is 0 Å². The van der Waals surface area contributed by atoms with Crippen molar-refractivity contribution in [3.63, 3.8) is 0 Å². The van der Waals surface area contributed by atoms with Crippen LogP contribution in [-0.2, 0) is 0 Å². The van der Waals surface area contributed by atoms with E-state index in [1.165, 1.54) is 87.5 Å². The Balaban J connectivity index is 1.07. The molecule has 1 aromatic heterocycles. The summed E-state index contributed by atoms with van der Waals surface area (Å²) >= 11 is 0. The molecule has 0 aliphatic heterocycles. The maximum atomic E-state index is 2.46. The number of aromatic nitrogens is 1. The predicted molar refractivity (Wildman–Crippen MR) is 264 cm³/mol. The highest BCUT2D eigenvalue weighted by molar-refractivity contribution is 6.22. The van der Waals surface area contributed by atoms with Crippen molar-refractivity contribution < 1.29 is 0 Å². The third-order valence-electron chi connectivity index (χ3n) is 12.5. The number of hydrogen-bond acceptors (Lipinski definition) is 1. The van der Waals surface area contributed by atoms with Crippen molar-refractivity contribution >= 4 is 71.2 Å². The number of para-hydroxylation sites is 2. The first kappa shape index (κ1) is 35.7. The second-order valence-electron chi connectivity index (χ2n) is 16.0. The summed E-state index contributed by atoms with van der Waals surface area (Å²) in [5.74, 6) is 0. The molecule has 0 unspecified atom stereocenters. The molecule has 0 atom stereocenters. The monoisotopic (exact) mass is 788 g/mol. The van der Waals surface area contributed by atoms with Crippen LogP contribution in [0.4, 0.5) is 17.1 Å². The summed E-state index contributed by atoms with van der Waals surface area (Å²) in [6, 6.07) is 88.4. The van der Waals surface area contributed by atoms with Crippen LogP contribution >= 0.6 is 0 Å². The topological polar surface area (TPSA) is 8.17 Å². The van der Waals surface area contributed by atoms with Crippen molar-refractivity contribution in [3.05, 3.63) is 243 Å². The maximum absolute atomic E-state index is 2.46. The van der Waals surface area contributed by atoms with Gasteiger partial charge in [0, 0.05) is 27.5 Å². The second-order valence-corrected chi connectivity index (χ2v) is 16.0. The Morgan fingerprint density at radius 1 is 0.290 bits per heavy atom. The van der Waals surface area contributed by atoms with Gasteiger partial charge in [-0.05, 0) is 115 Å². The molecule has 290 valence electrons. The van der Waals surface area contributed by atoms with E-state index in [0.717, 1.165) is 22.7 Å². The lowest BCUT2D eigenvalue weighted by Crippen LogP contribution is -2.11. The summed E-state index contributed by atoms with van der Waals surface area (Å²) < 4.78 is 2.40. The average Bonchev–Trinajstić information content (AvgIpc) is 3.69. The van der Waals surface area contributed by atoms with E-state index in [2.05, 4.69) is 252 Å². The molecule has 0 amide bonds. The first-order valence-electron chi connectivity index (χ1n) is 21.4. The predicted octanol–water partition coefficient (Wildman–Crippen LogP) is 16.7. The number of nitrogens with zero attached hydrogens (tertiary/aromatic N) is 2. The van der Waals surface area contributed by atoms with Crippen LogP contribution in [0.5, 0.6) is 0 Å². The van der Waals surface area contributed by atoms with Crippen LogP contribution in [0, 0.1) is 0 Å². The molecular weight excluding hydrogens is 749 g/mol. The van der Waals surface area contributed by atoms with E-state index in [0.29, 0.717) is 0 Å². The van der Waals surface area contributed by atoms with Gasteiger partial charge in [-0.3, -0.25) is 0 Å². The lowest BCUT2D eigenvalue weighted by molar-refractivity contribution is 1.18. The van der Waals surface area contributed by atoms with Gasteiger partial charge in [0.15, 0.2) is 0 Å². The van der Waals surface area contributed by atoms with Crippen molar-refractivity contribution in [1.29, 1.82) is 0 Å². The summed E-state index contributed by atoms with van der Waals surface area (Å²) in [5, 5.41) is 9.86. The van der Waals surface area contributed by atoms with Gasteiger partial charge in [-0.25, -0.2) is 0 Å². The molecule has 0 aliphatic rings. The summed E-state index contributed by atoms with van der Waals surface area (Å²) in [6.45, 7) is 0. The Kier molecular flexibility index (Phi) is 8.53. The molecule has 62 heavy (non-hydrogen) atoms. The van der Waals surface area contributed by atoms with Crippen molar-refractivity contribution in [1.82, 2.24) is 4.57 Å². The summed E-state index contributed by atoms with van der Waals surface area (Å²) in [7, 11) is 0. The number of fused-ring (bicyclic) bond motifs is 7. The van der Waals surface area contributed by atoms with Crippen LogP contribution < -0.4 is 4.90 Å². The number of hydrogen-bond donors (Lipinski definition) is 0. The molecule has 0 N–H and O–H groups in total. The van der Waals surface area contributed by atoms with Gasteiger partial charge in [-0.2, -0.15) is 0 Å². The van der Waals surface area contributed by atoms with Crippen LogP contribution in [0.25, 0.3) is 93.2 Å². The van der Waals surface area contributed by atoms with E-state index in [4.69, 9.17) is 0 Å². The molecule has 0 saturated carbocycles. The Hall–Kier alpha value is -8.20. The van der Waals surface area contributed by atoms with Gasteiger partial charge in [0.25, 0.3) is 0 Å². The summed E-state index contributed by atoms with van der Waals surface area (Å²) in [4.78, 5) is 2.46. The molecule has 2 nitrogen and oxygen atoms in total. The van der Waals surface area contributed by atoms with E-state index in [9.17, 15) is 0 Å². The van der Waals surface area contributed by atoms with E-state index >= 15 is 0 Å².